The number of rotatable bonds is 5. The number of fused-ring (bicyclic) bond motifs is 3. The molecule has 0 atom stereocenters. The van der Waals surface area contributed by atoms with Crippen molar-refractivity contribution in [1.82, 2.24) is 15.0 Å². The zero-order valence-corrected chi connectivity index (χ0v) is 23.2. The van der Waals surface area contributed by atoms with E-state index >= 15 is 0 Å². The molecule has 43 heavy (non-hydrogen) atoms. The fourth-order valence-corrected chi connectivity index (χ4v) is 5.63. The van der Waals surface area contributed by atoms with Crippen molar-refractivity contribution in [2.24, 2.45) is 0 Å². The maximum atomic E-state index is 6.14. The Bertz CT molecular complexity index is 2160. The van der Waals surface area contributed by atoms with E-state index in [1.807, 2.05) is 78.9 Å². The third-order valence-corrected chi connectivity index (χ3v) is 7.75. The molecule has 2 aromatic heterocycles. The van der Waals surface area contributed by atoms with Crippen molar-refractivity contribution in [3.8, 4) is 56.4 Å². The summed E-state index contributed by atoms with van der Waals surface area (Å²) < 4.78 is 6.14. The molecule has 4 heteroatoms. The summed E-state index contributed by atoms with van der Waals surface area (Å²) in [5, 5.41) is 2.27. The lowest BCUT2D eigenvalue weighted by molar-refractivity contribution is 0.669. The second-order valence-corrected chi connectivity index (χ2v) is 10.5. The minimum absolute atomic E-state index is 0.645. The van der Waals surface area contributed by atoms with Gasteiger partial charge in [0, 0.05) is 27.5 Å². The summed E-state index contributed by atoms with van der Waals surface area (Å²) in [5.74, 6) is 1.95. The van der Waals surface area contributed by atoms with Gasteiger partial charge in [0.25, 0.3) is 0 Å². The summed E-state index contributed by atoms with van der Waals surface area (Å²) in [6.07, 6.45) is 0. The summed E-state index contributed by atoms with van der Waals surface area (Å²) in [6, 6.07) is 51.7. The van der Waals surface area contributed by atoms with Crippen LogP contribution in [0.1, 0.15) is 0 Å². The van der Waals surface area contributed by atoms with Gasteiger partial charge in [-0.15, -0.1) is 0 Å². The van der Waals surface area contributed by atoms with E-state index in [9.17, 15) is 0 Å². The van der Waals surface area contributed by atoms with Crippen molar-refractivity contribution < 1.29 is 4.42 Å². The molecule has 0 aliphatic carbocycles. The molecule has 0 radical (unpaired) electrons. The molecule has 0 unspecified atom stereocenters. The molecule has 8 rings (SSSR count). The van der Waals surface area contributed by atoms with Crippen LogP contribution < -0.4 is 0 Å². The van der Waals surface area contributed by atoms with Crippen molar-refractivity contribution in [3.05, 3.63) is 152 Å². The molecule has 0 fully saturated rings. The standard InChI is InChI=1S/C39H25N3O/c1-3-11-27(12-4-1)37-40-38(28-13-5-2-6-14-28)42-39(41-37)29-23-21-26(22-24-29)30-15-9-16-31(25-30)32-18-10-20-35-36(32)33-17-7-8-19-34(33)43-35/h1-25H. The number of aromatic nitrogens is 3. The Morgan fingerprint density at radius 3 is 1.51 bits per heavy atom. The molecule has 202 valence electrons. The Hall–Kier alpha value is -5.87. The Kier molecular flexibility index (Phi) is 6.08. The maximum Gasteiger partial charge on any atom is 0.164 e. The fraction of sp³-hybridized carbons (Fsp3) is 0. The van der Waals surface area contributed by atoms with Crippen LogP contribution in [-0.2, 0) is 0 Å². The van der Waals surface area contributed by atoms with Gasteiger partial charge >= 0.3 is 0 Å². The molecule has 4 nitrogen and oxygen atoms in total. The van der Waals surface area contributed by atoms with Crippen molar-refractivity contribution in [3.63, 3.8) is 0 Å². The highest BCUT2D eigenvalue weighted by molar-refractivity contribution is 6.12. The van der Waals surface area contributed by atoms with Gasteiger partial charge in [-0.3, -0.25) is 0 Å². The van der Waals surface area contributed by atoms with Gasteiger partial charge < -0.3 is 4.42 Å². The SMILES string of the molecule is c1ccc(-c2nc(-c3ccccc3)nc(-c3ccc(-c4cccc(-c5cccc6oc7ccccc7c56)c4)cc3)n2)cc1. The highest BCUT2D eigenvalue weighted by Gasteiger charge is 2.14. The van der Waals surface area contributed by atoms with Gasteiger partial charge in [0.2, 0.25) is 0 Å². The minimum atomic E-state index is 0.645. The van der Waals surface area contributed by atoms with E-state index in [1.165, 1.54) is 0 Å². The quantitative estimate of drug-likeness (QED) is 0.214. The predicted molar refractivity (Wildman–Crippen MR) is 174 cm³/mol. The summed E-state index contributed by atoms with van der Waals surface area (Å²) in [5.41, 5.74) is 9.22. The van der Waals surface area contributed by atoms with Crippen LogP contribution in [0.5, 0.6) is 0 Å². The molecule has 0 saturated heterocycles. The monoisotopic (exact) mass is 551 g/mol. The zero-order chi connectivity index (χ0) is 28.6. The smallest absolute Gasteiger partial charge is 0.164 e. The molecule has 0 bridgehead atoms. The number of benzene rings is 6. The minimum Gasteiger partial charge on any atom is -0.456 e. The van der Waals surface area contributed by atoms with Crippen LogP contribution in [-0.4, -0.2) is 15.0 Å². The molecule has 0 amide bonds. The first kappa shape index (κ1) is 24.9. The third kappa shape index (κ3) is 4.65. The number of hydrogen-bond acceptors (Lipinski definition) is 4. The molecule has 0 spiro atoms. The molecule has 2 heterocycles. The van der Waals surface area contributed by atoms with E-state index < -0.39 is 0 Å². The Morgan fingerprint density at radius 2 is 0.837 bits per heavy atom. The number of nitrogens with zero attached hydrogens (tertiary/aromatic N) is 3. The average Bonchev–Trinajstić information content (AvgIpc) is 3.48. The second kappa shape index (κ2) is 10.5. The molecule has 0 saturated carbocycles. The van der Waals surface area contributed by atoms with Crippen LogP contribution in [0.3, 0.4) is 0 Å². The fourth-order valence-electron chi connectivity index (χ4n) is 5.63. The van der Waals surface area contributed by atoms with Crippen molar-refractivity contribution in [2.45, 2.75) is 0 Å². The Labute approximate surface area is 249 Å². The van der Waals surface area contributed by atoms with Gasteiger partial charge in [0.15, 0.2) is 17.5 Å². The predicted octanol–water partition coefficient (Wildman–Crippen LogP) is 10.1. The van der Waals surface area contributed by atoms with Gasteiger partial charge in [-0.1, -0.05) is 133 Å². The van der Waals surface area contributed by atoms with E-state index in [4.69, 9.17) is 19.4 Å². The van der Waals surface area contributed by atoms with E-state index in [0.717, 1.165) is 60.9 Å². The van der Waals surface area contributed by atoms with Crippen LogP contribution in [0.25, 0.3) is 78.4 Å². The van der Waals surface area contributed by atoms with Crippen molar-refractivity contribution in [1.29, 1.82) is 0 Å². The highest BCUT2D eigenvalue weighted by atomic mass is 16.3. The molecular formula is C39H25N3O. The lowest BCUT2D eigenvalue weighted by Gasteiger charge is -2.10. The van der Waals surface area contributed by atoms with Gasteiger partial charge in [-0.2, -0.15) is 0 Å². The normalized spacial score (nSPS) is 11.3. The molecule has 6 aromatic carbocycles. The van der Waals surface area contributed by atoms with Crippen molar-refractivity contribution in [2.75, 3.05) is 0 Å². The topological polar surface area (TPSA) is 51.8 Å². The van der Waals surface area contributed by atoms with E-state index in [2.05, 4.69) is 72.8 Å². The van der Waals surface area contributed by atoms with Crippen LogP contribution in [0.4, 0.5) is 0 Å². The first-order valence-corrected chi connectivity index (χ1v) is 14.3. The van der Waals surface area contributed by atoms with Crippen LogP contribution in [0.15, 0.2) is 156 Å². The average molecular weight is 552 g/mol. The molecule has 0 aliphatic rings. The van der Waals surface area contributed by atoms with Crippen LogP contribution in [0.2, 0.25) is 0 Å². The summed E-state index contributed by atoms with van der Waals surface area (Å²) in [4.78, 5) is 14.6. The summed E-state index contributed by atoms with van der Waals surface area (Å²) in [7, 11) is 0. The van der Waals surface area contributed by atoms with E-state index in [0.29, 0.717) is 17.5 Å². The van der Waals surface area contributed by atoms with Crippen LogP contribution >= 0.6 is 0 Å². The van der Waals surface area contributed by atoms with E-state index in [-0.39, 0.29) is 0 Å². The largest absolute Gasteiger partial charge is 0.456 e. The lowest BCUT2D eigenvalue weighted by Crippen LogP contribution is -2.00. The maximum absolute atomic E-state index is 6.14. The van der Waals surface area contributed by atoms with Gasteiger partial charge in [0.05, 0.1) is 0 Å². The van der Waals surface area contributed by atoms with Gasteiger partial charge in [-0.25, -0.2) is 15.0 Å². The first-order valence-electron chi connectivity index (χ1n) is 14.3. The summed E-state index contributed by atoms with van der Waals surface area (Å²) >= 11 is 0. The van der Waals surface area contributed by atoms with Crippen LogP contribution in [0, 0.1) is 0 Å². The van der Waals surface area contributed by atoms with E-state index in [1.54, 1.807) is 0 Å². The molecular weight excluding hydrogens is 526 g/mol. The first-order chi connectivity index (χ1) is 21.3. The summed E-state index contributed by atoms with van der Waals surface area (Å²) in [6.45, 7) is 0. The Balaban J connectivity index is 1.18. The van der Waals surface area contributed by atoms with Gasteiger partial charge in [-0.05, 0) is 40.5 Å². The highest BCUT2D eigenvalue weighted by Crippen LogP contribution is 2.38. The Morgan fingerprint density at radius 1 is 0.349 bits per heavy atom. The number of para-hydroxylation sites is 1. The lowest BCUT2D eigenvalue weighted by atomic mass is 9.95. The zero-order valence-electron chi connectivity index (χ0n) is 23.2. The number of hydrogen-bond donors (Lipinski definition) is 0. The second-order valence-electron chi connectivity index (χ2n) is 10.5. The molecule has 8 aromatic rings. The molecule has 0 aliphatic heterocycles. The van der Waals surface area contributed by atoms with Gasteiger partial charge in [0.1, 0.15) is 11.2 Å². The molecule has 0 N–H and O–H groups in total. The number of furan rings is 1. The van der Waals surface area contributed by atoms with Crippen molar-refractivity contribution >= 4 is 21.9 Å². The third-order valence-electron chi connectivity index (χ3n) is 7.75.